The topological polar surface area (TPSA) is 72.1 Å². The zero-order chi connectivity index (χ0) is 25.4. The lowest BCUT2D eigenvalue weighted by molar-refractivity contribution is -0.130. The van der Waals surface area contributed by atoms with Crippen LogP contribution in [0.25, 0.3) is 0 Å². The van der Waals surface area contributed by atoms with Gasteiger partial charge in [0.25, 0.3) is 0 Å². The predicted molar refractivity (Wildman–Crippen MR) is 144 cm³/mol. The molecule has 0 aliphatic carbocycles. The number of ether oxygens (including phenoxy) is 3. The van der Waals surface area contributed by atoms with Gasteiger partial charge in [-0.3, -0.25) is 9.69 Å². The largest absolute Gasteiger partial charge is 0.497 e. The summed E-state index contributed by atoms with van der Waals surface area (Å²) >= 11 is 5.85. The number of anilines is 2. The maximum Gasteiger partial charge on any atom is 0.236 e. The van der Waals surface area contributed by atoms with Crippen molar-refractivity contribution in [1.82, 2.24) is 5.32 Å². The van der Waals surface area contributed by atoms with Crippen molar-refractivity contribution in [3.8, 4) is 17.2 Å². The van der Waals surface area contributed by atoms with Gasteiger partial charge in [-0.15, -0.1) is 0 Å². The number of para-hydroxylation sites is 1. The minimum atomic E-state index is -1.13. The SMILES string of the molecule is CCOc1cccc2c1O[C@@]1(C)[C@@H](C(=O)Nc3ccc(OC)cc3)[C@@H]2NC(=S)N1c1cccc(C)c1. The van der Waals surface area contributed by atoms with Crippen molar-refractivity contribution in [3.63, 3.8) is 0 Å². The van der Waals surface area contributed by atoms with E-state index in [-0.39, 0.29) is 5.91 Å². The van der Waals surface area contributed by atoms with Crippen LogP contribution in [0.15, 0.2) is 66.7 Å². The van der Waals surface area contributed by atoms with E-state index in [0.29, 0.717) is 34.7 Å². The van der Waals surface area contributed by atoms with E-state index in [2.05, 4.69) is 10.6 Å². The Balaban J connectivity index is 1.62. The highest BCUT2D eigenvalue weighted by Crippen LogP contribution is 2.52. The van der Waals surface area contributed by atoms with E-state index in [1.165, 1.54) is 0 Å². The Bertz CT molecular complexity index is 1310. The molecule has 0 aromatic heterocycles. The average Bonchev–Trinajstić information content (AvgIpc) is 2.84. The monoisotopic (exact) mass is 503 g/mol. The van der Waals surface area contributed by atoms with Crippen LogP contribution in [0, 0.1) is 12.8 Å². The van der Waals surface area contributed by atoms with Gasteiger partial charge in [0.2, 0.25) is 5.91 Å². The normalized spacial score (nSPS) is 22.1. The molecular formula is C28H29N3O4S. The average molecular weight is 504 g/mol. The number of amides is 1. The molecule has 2 N–H and O–H groups in total. The second kappa shape index (κ2) is 9.35. The van der Waals surface area contributed by atoms with Crippen molar-refractivity contribution in [2.75, 3.05) is 23.9 Å². The summed E-state index contributed by atoms with van der Waals surface area (Å²) in [6.07, 6.45) is 0. The van der Waals surface area contributed by atoms with Gasteiger partial charge in [0.05, 0.1) is 19.8 Å². The van der Waals surface area contributed by atoms with Crippen LogP contribution < -0.4 is 29.7 Å². The zero-order valence-corrected chi connectivity index (χ0v) is 21.5. The molecule has 0 spiro atoms. The van der Waals surface area contributed by atoms with Crippen molar-refractivity contribution < 1.29 is 19.0 Å². The fourth-order valence-corrected chi connectivity index (χ4v) is 5.50. The van der Waals surface area contributed by atoms with Gasteiger partial charge in [0.1, 0.15) is 11.7 Å². The summed E-state index contributed by atoms with van der Waals surface area (Å²) in [5.74, 6) is 1.14. The maximum absolute atomic E-state index is 13.9. The molecule has 3 aromatic carbocycles. The minimum Gasteiger partial charge on any atom is -0.497 e. The fraction of sp³-hybridized carbons (Fsp3) is 0.286. The fourth-order valence-electron chi connectivity index (χ4n) is 5.09. The van der Waals surface area contributed by atoms with Crippen LogP contribution in [0.1, 0.15) is 31.0 Å². The van der Waals surface area contributed by atoms with E-state index in [0.717, 1.165) is 16.8 Å². The molecule has 0 unspecified atom stereocenters. The second-order valence-electron chi connectivity index (χ2n) is 9.06. The van der Waals surface area contributed by atoms with Crippen LogP contribution in [0.3, 0.4) is 0 Å². The molecule has 2 aliphatic rings. The highest BCUT2D eigenvalue weighted by molar-refractivity contribution is 7.80. The van der Waals surface area contributed by atoms with Crippen LogP contribution >= 0.6 is 12.2 Å². The molecule has 2 heterocycles. The quantitative estimate of drug-likeness (QED) is 0.448. The van der Waals surface area contributed by atoms with Crippen molar-refractivity contribution in [2.45, 2.75) is 32.5 Å². The minimum absolute atomic E-state index is 0.187. The summed E-state index contributed by atoms with van der Waals surface area (Å²) in [5.41, 5.74) is 2.29. The van der Waals surface area contributed by atoms with Gasteiger partial charge in [-0.1, -0.05) is 24.3 Å². The highest BCUT2D eigenvalue weighted by Gasteiger charge is 2.59. The number of nitrogens with one attached hydrogen (secondary N) is 2. The number of rotatable bonds is 6. The molecule has 3 aromatic rings. The number of thiocarbonyl (C=S) groups is 1. The first-order valence-corrected chi connectivity index (χ1v) is 12.3. The molecule has 2 aliphatic heterocycles. The van der Waals surface area contributed by atoms with E-state index < -0.39 is 17.7 Å². The van der Waals surface area contributed by atoms with Gasteiger partial charge in [0.15, 0.2) is 22.3 Å². The Morgan fingerprint density at radius 3 is 2.61 bits per heavy atom. The number of carbonyl (C=O) groups excluding carboxylic acids is 1. The number of aryl methyl sites for hydroxylation is 1. The molecule has 186 valence electrons. The summed E-state index contributed by atoms with van der Waals surface area (Å²) in [5, 5.41) is 7.01. The number of hydrogen-bond acceptors (Lipinski definition) is 5. The highest BCUT2D eigenvalue weighted by atomic mass is 32.1. The van der Waals surface area contributed by atoms with Crippen LogP contribution in [-0.2, 0) is 4.79 Å². The van der Waals surface area contributed by atoms with E-state index in [1.807, 2.05) is 92.4 Å². The number of fused-ring (bicyclic) bond motifs is 4. The standard InChI is InChI=1S/C28H29N3O4S/c1-5-34-22-11-7-10-21-24-23(26(32)29-18-12-14-20(33-4)15-13-18)28(3,35-25(21)22)31(27(36)30-24)19-9-6-8-17(2)16-19/h6-16,23-24H,5H2,1-4H3,(H,29,32)(H,30,36)/t23-,24-,28+/m1/s1. The maximum atomic E-state index is 13.9. The number of carbonyl (C=O) groups is 1. The Morgan fingerprint density at radius 2 is 1.92 bits per heavy atom. The van der Waals surface area contributed by atoms with E-state index >= 15 is 0 Å². The molecule has 8 heteroatoms. The van der Waals surface area contributed by atoms with Gasteiger partial charge in [0, 0.05) is 16.9 Å². The first-order chi connectivity index (χ1) is 17.4. The lowest BCUT2D eigenvalue weighted by Gasteiger charge is -2.56. The molecule has 0 radical (unpaired) electrons. The molecule has 1 amide bonds. The summed E-state index contributed by atoms with van der Waals surface area (Å²) in [4.78, 5) is 15.8. The van der Waals surface area contributed by atoms with Crippen LogP contribution in [0.2, 0.25) is 0 Å². The number of nitrogens with zero attached hydrogens (tertiary/aromatic N) is 1. The van der Waals surface area contributed by atoms with Crippen molar-refractivity contribution in [2.24, 2.45) is 5.92 Å². The van der Waals surface area contributed by atoms with Crippen molar-refractivity contribution in [3.05, 3.63) is 77.9 Å². The molecular weight excluding hydrogens is 474 g/mol. The summed E-state index contributed by atoms with van der Waals surface area (Å²) in [6.45, 7) is 6.37. The lowest BCUT2D eigenvalue weighted by atomic mass is 9.78. The summed E-state index contributed by atoms with van der Waals surface area (Å²) in [6, 6.07) is 20.6. The molecule has 1 fully saturated rings. The first kappa shape index (κ1) is 23.9. The van der Waals surface area contributed by atoms with Gasteiger partial charge < -0.3 is 24.8 Å². The second-order valence-corrected chi connectivity index (χ2v) is 9.45. The smallest absolute Gasteiger partial charge is 0.236 e. The number of hydrogen-bond donors (Lipinski definition) is 2. The van der Waals surface area contributed by atoms with Gasteiger partial charge in [-0.05, 0) is 81.0 Å². The Hall–Kier alpha value is -3.78. The van der Waals surface area contributed by atoms with E-state index in [1.54, 1.807) is 7.11 Å². The zero-order valence-electron chi connectivity index (χ0n) is 20.7. The molecule has 0 saturated carbocycles. The number of methoxy groups -OCH3 is 1. The van der Waals surface area contributed by atoms with Crippen LogP contribution in [0.5, 0.6) is 17.2 Å². The summed E-state index contributed by atoms with van der Waals surface area (Å²) in [7, 11) is 1.61. The molecule has 5 rings (SSSR count). The van der Waals surface area contributed by atoms with Gasteiger partial charge in [-0.25, -0.2) is 0 Å². The van der Waals surface area contributed by atoms with Crippen molar-refractivity contribution in [1.29, 1.82) is 0 Å². The molecule has 1 saturated heterocycles. The van der Waals surface area contributed by atoms with Crippen LogP contribution in [0.4, 0.5) is 11.4 Å². The molecule has 36 heavy (non-hydrogen) atoms. The van der Waals surface area contributed by atoms with Gasteiger partial charge >= 0.3 is 0 Å². The third-order valence-electron chi connectivity index (χ3n) is 6.69. The predicted octanol–water partition coefficient (Wildman–Crippen LogP) is 5.20. The number of benzene rings is 3. The van der Waals surface area contributed by atoms with E-state index in [4.69, 9.17) is 26.4 Å². The first-order valence-electron chi connectivity index (χ1n) is 11.9. The van der Waals surface area contributed by atoms with Gasteiger partial charge in [-0.2, -0.15) is 0 Å². The van der Waals surface area contributed by atoms with E-state index in [9.17, 15) is 4.79 Å². The van der Waals surface area contributed by atoms with Crippen molar-refractivity contribution >= 4 is 34.6 Å². The Morgan fingerprint density at radius 1 is 1.17 bits per heavy atom. The third-order valence-corrected chi connectivity index (χ3v) is 6.99. The lowest BCUT2D eigenvalue weighted by Crippen LogP contribution is -2.72. The summed E-state index contributed by atoms with van der Waals surface area (Å²) < 4.78 is 17.9. The molecule has 3 atom stereocenters. The Kier molecular flexibility index (Phi) is 6.22. The molecule has 2 bridgehead atoms. The Labute approximate surface area is 216 Å². The molecule has 7 nitrogen and oxygen atoms in total. The van der Waals surface area contributed by atoms with Crippen LogP contribution in [-0.4, -0.2) is 30.5 Å². The third kappa shape index (κ3) is 4.01.